The summed E-state index contributed by atoms with van der Waals surface area (Å²) in [4.78, 5) is 0. The Kier molecular flexibility index (Phi) is 7.05. The largest absolute Gasteiger partial charge is 0.0836 e. The molecule has 3 aliphatic rings. The van der Waals surface area contributed by atoms with E-state index in [0.29, 0.717) is 5.92 Å². The number of hydrogen-bond acceptors (Lipinski definition) is 0. The summed E-state index contributed by atoms with van der Waals surface area (Å²) in [5.74, 6) is 0.420. The van der Waals surface area contributed by atoms with E-state index in [1.54, 1.807) is 0 Å². The van der Waals surface area contributed by atoms with Crippen molar-refractivity contribution in [3.05, 3.63) is 187 Å². The minimum atomic E-state index is 0.420. The third-order valence-electron chi connectivity index (χ3n) is 13.0. The molecule has 0 aromatic heterocycles. The minimum Gasteiger partial charge on any atom is -0.0836 e. The molecule has 0 radical (unpaired) electrons. The third-order valence-corrected chi connectivity index (χ3v) is 13.0. The van der Waals surface area contributed by atoms with E-state index in [0.717, 1.165) is 12.8 Å². The summed E-state index contributed by atoms with van der Waals surface area (Å²) in [6, 6.07) is 61.7. The second-order valence-electron chi connectivity index (χ2n) is 16.3. The fraction of sp³-hybridized carbons (Fsp3) is 0.0877. The van der Waals surface area contributed by atoms with Crippen molar-refractivity contribution >= 4 is 27.6 Å². The Morgan fingerprint density at radius 3 is 1.30 bits per heavy atom. The number of hydrogen-bond donors (Lipinski definition) is 0. The Morgan fingerprint density at radius 1 is 0.386 bits per heavy atom. The van der Waals surface area contributed by atoms with Crippen LogP contribution in [0.15, 0.2) is 170 Å². The molecule has 0 N–H and O–H groups in total. The maximum atomic E-state index is 2.49. The maximum Gasteiger partial charge on any atom is -0.000740 e. The van der Waals surface area contributed by atoms with Crippen LogP contribution in [0.25, 0.3) is 117 Å². The van der Waals surface area contributed by atoms with Crippen molar-refractivity contribution in [3.8, 4) is 89.0 Å². The molecule has 0 spiro atoms. The van der Waals surface area contributed by atoms with Gasteiger partial charge in [0.1, 0.15) is 0 Å². The van der Waals surface area contributed by atoms with Crippen LogP contribution >= 0.6 is 0 Å². The van der Waals surface area contributed by atoms with Crippen LogP contribution in [0, 0.1) is 0 Å². The highest BCUT2D eigenvalue weighted by Gasteiger charge is 2.37. The number of benzene rings is 9. The van der Waals surface area contributed by atoms with Crippen LogP contribution in [0.1, 0.15) is 42.9 Å². The van der Waals surface area contributed by atoms with Crippen molar-refractivity contribution < 1.29 is 0 Å². The molecule has 0 unspecified atom stereocenters. The molecule has 0 heteroatoms. The van der Waals surface area contributed by atoms with Crippen molar-refractivity contribution in [2.75, 3.05) is 0 Å². The summed E-state index contributed by atoms with van der Waals surface area (Å²) in [5.41, 5.74) is 25.6. The Balaban J connectivity index is 1.26. The van der Waals surface area contributed by atoms with Gasteiger partial charge >= 0.3 is 0 Å². The Hall–Kier alpha value is -6.76. The number of fused-ring (bicyclic) bond motifs is 8. The molecule has 0 heterocycles. The highest BCUT2D eigenvalue weighted by atomic mass is 14.4. The molecule has 0 bridgehead atoms. The molecule has 0 fully saturated rings. The van der Waals surface area contributed by atoms with Crippen molar-refractivity contribution in [2.45, 2.75) is 32.6 Å². The van der Waals surface area contributed by atoms with Gasteiger partial charge in [0.15, 0.2) is 0 Å². The Bertz CT molecular complexity index is 3150. The van der Waals surface area contributed by atoms with Crippen molar-refractivity contribution in [2.24, 2.45) is 0 Å². The lowest BCUT2D eigenvalue weighted by Gasteiger charge is -2.26. The molecule has 0 saturated carbocycles. The fourth-order valence-corrected chi connectivity index (χ4v) is 10.6. The van der Waals surface area contributed by atoms with Crippen LogP contribution < -0.4 is 0 Å². The van der Waals surface area contributed by atoms with Crippen LogP contribution in [0.3, 0.4) is 0 Å². The van der Waals surface area contributed by atoms with Gasteiger partial charge in [-0.2, -0.15) is 0 Å². The zero-order chi connectivity index (χ0) is 37.8. The Labute approximate surface area is 334 Å². The van der Waals surface area contributed by atoms with E-state index < -0.39 is 0 Å². The average Bonchev–Trinajstić information content (AvgIpc) is 3.78. The van der Waals surface area contributed by atoms with Gasteiger partial charge in [-0.3, -0.25) is 0 Å². The van der Waals surface area contributed by atoms with Gasteiger partial charge in [0.05, 0.1) is 0 Å². The predicted molar refractivity (Wildman–Crippen MR) is 244 cm³/mol. The standard InChI is InChI=1S/C57H40/c1-34(2)39-27-28-42-47(33-39)51(38-23-13-6-14-24-38)57-46-32-31-44-52-43(29-30-45(53(46)52)56(57)50(42)37-21-11-5-12-22-37)54-48(35-17-7-3-8-18-35)40-25-15-16-26-41(40)49(55(44)54)36-19-9-4-10-20-36/h3-14,16-24,26-34H,15,25H2,1-2H3. The van der Waals surface area contributed by atoms with E-state index in [1.165, 1.54) is 127 Å². The molecule has 3 aliphatic carbocycles. The fourth-order valence-electron chi connectivity index (χ4n) is 10.6. The van der Waals surface area contributed by atoms with Gasteiger partial charge in [0.2, 0.25) is 0 Å². The zero-order valence-corrected chi connectivity index (χ0v) is 32.2. The summed E-state index contributed by atoms with van der Waals surface area (Å²) in [6.45, 7) is 4.62. The van der Waals surface area contributed by atoms with Crippen LogP contribution in [0.5, 0.6) is 0 Å². The molecule has 12 rings (SSSR count). The minimum absolute atomic E-state index is 0.420. The van der Waals surface area contributed by atoms with Gasteiger partial charge < -0.3 is 0 Å². The summed E-state index contributed by atoms with van der Waals surface area (Å²) in [6.07, 6.45) is 6.88. The van der Waals surface area contributed by atoms with E-state index >= 15 is 0 Å². The molecule has 57 heavy (non-hydrogen) atoms. The van der Waals surface area contributed by atoms with E-state index in [9.17, 15) is 0 Å². The molecular formula is C57H40. The molecular weight excluding hydrogens is 685 g/mol. The second kappa shape index (κ2) is 12.4. The first-order valence-electron chi connectivity index (χ1n) is 20.5. The maximum absolute atomic E-state index is 2.49. The van der Waals surface area contributed by atoms with Crippen molar-refractivity contribution in [1.29, 1.82) is 0 Å². The number of rotatable bonds is 5. The van der Waals surface area contributed by atoms with Crippen molar-refractivity contribution in [1.82, 2.24) is 0 Å². The van der Waals surface area contributed by atoms with Gasteiger partial charge in [-0.25, -0.2) is 0 Å². The second-order valence-corrected chi connectivity index (χ2v) is 16.3. The highest BCUT2D eigenvalue weighted by molar-refractivity contribution is 6.34. The normalized spacial score (nSPS) is 13.0. The van der Waals surface area contributed by atoms with Gasteiger partial charge in [-0.1, -0.05) is 190 Å². The van der Waals surface area contributed by atoms with E-state index in [-0.39, 0.29) is 0 Å². The van der Waals surface area contributed by atoms with Crippen LogP contribution in [0.2, 0.25) is 0 Å². The first kappa shape index (κ1) is 32.5. The van der Waals surface area contributed by atoms with Gasteiger partial charge in [-0.05, 0) is 146 Å². The summed E-state index contributed by atoms with van der Waals surface area (Å²) >= 11 is 0. The van der Waals surface area contributed by atoms with Crippen LogP contribution in [0.4, 0.5) is 0 Å². The zero-order valence-electron chi connectivity index (χ0n) is 32.2. The topological polar surface area (TPSA) is 0 Å². The van der Waals surface area contributed by atoms with Crippen LogP contribution in [-0.4, -0.2) is 0 Å². The van der Waals surface area contributed by atoms with Crippen molar-refractivity contribution in [3.63, 3.8) is 0 Å². The van der Waals surface area contributed by atoms with Gasteiger partial charge in [-0.15, -0.1) is 0 Å². The predicted octanol–water partition coefficient (Wildman–Crippen LogP) is 16.0. The molecule has 268 valence electrons. The molecule has 0 atom stereocenters. The molecule has 9 aromatic carbocycles. The van der Waals surface area contributed by atoms with E-state index in [1.807, 2.05) is 0 Å². The lowest BCUT2D eigenvalue weighted by Crippen LogP contribution is -2.04. The highest BCUT2D eigenvalue weighted by Crippen LogP contribution is 2.64. The molecule has 0 saturated heterocycles. The molecule has 0 nitrogen and oxygen atoms in total. The van der Waals surface area contributed by atoms with Gasteiger partial charge in [0, 0.05) is 0 Å². The molecule has 0 amide bonds. The quantitative estimate of drug-likeness (QED) is 0.166. The monoisotopic (exact) mass is 724 g/mol. The Morgan fingerprint density at radius 2 is 0.807 bits per heavy atom. The summed E-state index contributed by atoms with van der Waals surface area (Å²) < 4.78 is 0. The van der Waals surface area contributed by atoms with E-state index in [2.05, 4.69) is 190 Å². The lowest BCUT2D eigenvalue weighted by molar-refractivity contribution is 0.869. The first-order valence-corrected chi connectivity index (χ1v) is 20.5. The van der Waals surface area contributed by atoms with Crippen LogP contribution in [-0.2, 0) is 6.42 Å². The molecule has 9 aromatic rings. The first-order chi connectivity index (χ1) is 28.2. The number of allylic oxidation sites excluding steroid dienone is 1. The molecule has 0 aliphatic heterocycles. The summed E-state index contributed by atoms with van der Waals surface area (Å²) in [5, 5.41) is 5.41. The summed E-state index contributed by atoms with van der Waals surface area (Å²) in [7, 11) is 0. The smallest absolute Gasteiger partial charge is 0.000740 e. The van der Waals surface area contributed by atoms with E-state index in [4.69, 9.17) is 0 Å². The third kappa shape index (κ3) is 4.56. The van der Waals surface area contributed by atoms with Gasteiger partial charge in [0.25, 0.3) is 0 Å². The lowest BCUT2D eigenvalue weighted by atomic mass is 9.77. The average molecular weight is 725 g/mol. The SMILES string of the molecule is CC(C)c1ccc2c(-c3ccccc3)c3c(c(-c4ccccc4)c2c1)-c1ccc2c4c(ccc-3c14)-c1c(-c3ccccc3)c3c(c(-c4ccccc4)c1-2)C=CCC3.